The van der Waals surface area contributed by atoms with E-state index >= 15 is 0 Å². The first-order chi connectivity index (χ1) is 15.0. The third-order valence-corrected chi connectivity index (χ3v) is 4.71. The Morgan fingerprint density at radius 1 is 1.00 bits per heavy atom. The normalized spacial score (nSPS) is 10.6. The molecule has 8 heteroatoms. The number of hydrogen-bond donors (Lipinski definition) is 1. The summed E-state index contributed by atoms with van der Waals surface area (Å²) in [5, 5.41) is 13.0. The van der Waals surface area contributed by atoms with E-state index < -0.39 is 12.6 Å². The molecule has 3 aromatic carbocycles. The maximum absolute atomic E-state index is 10.9. The molecule has 0 saturated heterocycles. The van der Waals surface area contributed by atoms with E-state index in [0.717, 1.165) is 27.9 Å². The second-order valence-electron chi connectivity index (χ2n) is 6.91. The number of aromatic nitrogens is 2. The SMILES string of the molecule is Bc1ccc(OCC(=O)O)c(-c2noc(-c3ccc(-c4ccc(OC)cc4)cc3)n2)c1. The molecule has 154 valence electrons. The van der Waals surface area contributed by atoms with Crippen molar-refractivity contribution in [2.75, 3.05) is 13.7 Å². The molecule has 0 atom stereocenters. The average Bonchev–Trinajstić information content (AvgIpc) is 3.28. The monoisotopic (exact) mass is 414 g/mol. The van der Waals surface area contributed by atoms with Crippen LogP contribution >= 0.6 is 0 Å². The van der Waals surface area contributed by atoms with E-state index in [0.29, 0.717) is 23.0 Å². The molecule has 0 amide bonds. The van der Waals surface area contributed by atoms with Crippen molar-refractivity contribution in [3.05, 3.63) is 66.7 Å². The van der Waals surface area contributed by atoms with Gasteiger partial charge in [0, 0.05) is 5.56 Å². The van der Waals surface area contributed by atoms with E-state index in [1.54, 1.807) is 13.2 Å². The van der Waals surface area contributed by atoms with E-state index in [-0.39, 0.29) is 0 Å². The third kappa shape index (κ3) is 4.58. The number of methoxy groups -OCH3 is 1. The van der Waals surface area contributed by atoms with Gasteiger partial charge in [0.1, 0.15) is 19.3 Å². The van der Waals surface area contributed by atoms with Crippen molar-refractivity contribution in [1.82, 2.24) is 10.1 Å². The molecule has 0 bridgehead atoms. The van der Waals surface area contributed by atoms with Crippen LogP contribution in [0, 0.1) is 0 Å². The van der Waals surface area contributed by atoms with Gasteiger partial charge in [-0.1, -0.05) is 47.0 Å². The Bertz CT molecular complexity index is 1200. The van der Waals surface area contributed by atoms with E-state index in [4.69, 9.17) is 19.1 Å². The summed E-state index contributed by atoms with van der Waals surface area (Å²) in [6, 6.07) is 21.0. The zero-order valence-corrected chi connectivity index (χ0v) is 17.0. The van der Waals surface area contributed by atoms with Gasteiger partial charge in [0.15, 0.2) is 6.61 Å². The fraction of sp³-hybridized carbons (Fsp3) is 0.0870. The predicted octanol–water partition coefficient (Wildman–Crippen LogP) is 2.80. The van der Waals surface area contributed by atoms with Crippen LogP contribution in [0.25, 0.3) is 34.0 Å². The Labute approximate surface area is 179 Å². The highest BCUT2D eigenvalue weighted by molar-refractivity contribution is 6.32. The highest BCUT2D eigenvalue weighted by Gasteiger charge is 2.16. The Morgan fingerprint density at radius 2 is 1.65 bits per heavy atom. The van der Waals surface area contributed by atoms with Crippen LogP contribution in [0.4, 0.5) is 0 Å². The second-order valence-corrected chi connectivity index (χ2v) is 6.91. The molecule has 0 unspecified atom stereocenters. The molecule has 1 N–H and O–H groups in total. The number of ether oxygens (including phenoxy) is 2. The topological polar surface area (TPSA) is 94.7 Å². The summed E-state index contributed by atoms with van der Waals surface area (Å²) in [5.41, 5.74) is 4.43. The Balaban J connectivity index is 1.59. The largest absolute Gasteiger partial charge is 0.497 e. The fourth-order valence-electron chi connectivity index (χ4n) is 3.12. The summed E-state index contributed by atoms with van der Waals surface area (Å²) in [5.74, 6) is 0.828. The molecule has 0 spiro atoms. The smallest absolute Gasteiger partial charge is 0.341 e. The lowest BCUT2D eigenvalue weighted by Gasteiger charge is -2.08. The van der Waals surface area contributed by atoms with Crippen molar-refractivity contribution < 1.29 is 23.9 Å². The van der Waals surface area contributed by atoms with Gasteiger partial charge in [-0.3, -0.25) is 0 Å². The van der Waals surface area contributed by atoms with Gasteiger partial charge in [0.25, 0.3) is 5.89 Å². The van der Waals surface area contributed by atoms with Crippen LogP contribution in [0.1, 0.15) is 0 Å². The van der Waals surface area contributed by atoms with Gasteiger partial charge in [0.05, 0.1) is 12.7 Å². The van der Waals surface area contributed by atoms with Crippen molar-refractivity contribution in [2.45, 2.75) is 0 Å². The second kappa shape index (κ2) is 8.75. The van der Waals surface area contributed by atoms with Crippen LogP contribution in [0.5, 0.6) is 11.5 Å². The molecule has 0 fully saturated rings. The van der Waals surface area contributed by atoms with Crippen LogP contribution in [-0.4, -0.2) is 42.8 Å². The first-order valence-electron chi connectivity index (χ1n) is 9.57. The molecule has 0 aliphatic carbocycles. The zero-order chi connectivity index (χ0) is 21.8. The van der Waals surface area contributed by atoms with E-state index in [1.807, 2.05) is 68.5 Å². The molecule has 31 heavy (non-hydrogen) atoms. The van der Waals surface area contributed by atoms with Gasteiger partial charge in [-0.25, -0.2) is 4.79 Å². The molecule has 4 rings (SSSR count). The lowest BCUT2D eigenvalue weighted by Crippen LogP contribution is -2.11. The summed E-state index contributed by atoms with van der Waals surface area (Å²) in [6.45, 7) is -0.451. The molecule has 4 aromatic rings. The van der Waals surface area contributed by atoms with Crippen LogP contribution in [-0.2, 0) is 4.79 Å². The van der Waals surface area contributed by atoms with E-state index in [1.165, 1.54) is 0 Å². The quantitative estimate of drug-likeness (QED) is 0.465. The van der Waals surface area contributed by atoms with Gasteiger partial charge in [-0.2, -0.15) is 4.98 Å². The van der Waals surface area contributed by atoms with E-state index in [9.17, 15) is 4.79 Å². The zero-order valence-electron chi connectivity index (χ0n) is 17.0. The Morgan fingerprint density at radius 3 is 2.29 bits per heavy atom. The molecular formula is C23H19BN2O5. The predicted molar refractivity (Wildman–Crippen MR) is 118 cm³/mol. The van der Waals surface area contributed by atoms with Crippen LogP contribution in [0.15, 0.2) is 71.3 Å². The summed E-state index contributed by atoms with van der Waals surface area (Å²) in [4.78, 5) is 15.3. The summed E-state index contributed by atoms with van der Waals surface area (Å²) < 4.78 is 16.0. The standard InChI is InChI=1S/C23H19BN2O5/c1-29-18-9-6-15(7-10-18)14-2-4-16(5-3-14)23-25-22(26-31-23)19-12-17(24)8-11-20(19)30-13-21(27)28/h2-12H,13,24H2,1H3,(H,27,28). The molecule has 0 aliphatic heterocycles. The van der Waals surface area contributed by atoms with Crippen molar-refractivity contribution in [2.24, 2.45) is 0 Å². The Hall–Kier alpha value is -4.07. The molecule has 7 nitrogen and oxygen atoms in total. The minimum Gasteiger partial charge on any atom is -0.497 e. The number of carbonyl (C=O) groups is 1. The van der Waals surface area contributed by atoms with Crippen molar-refractivity contribution >= 4 is 19.3 Å². The minimum absolute atomic E-state index is 0.332. The van der Waals surface area contributed by atoms with Crippen molar-refractivity contribution in [3.63, 3.8) is 0 Å². The van der Waals surface area contributed by atoms with Crippen molar-refractivity contribution in [3.8, 4) is 45.5 Å². The Kier molecular flexibility index (Phi) is 5.70. The number of hydrogen-bond acceptors (Lipinski definition) is 6. The highest BCUT2D eigenvalue weighted by Crippen LogP contribution is 2.30. The van der Waals surface area contributed by atoms with Gasteiger partial charge >= 0.3 is 5.97 Å². The first kappa shape index (κ1) is 20.2. The lowest BCUT2D eigenvalue weighted by atomic mass is 9.94. The number of nitrogens with zero attached hydrogens (tertiary/aromatic N) is 2. The molecule has 1 heterocycles. The van der Waals surface area contributed by atoms with Crippen LogP contribution < -0.4 is 14.9 Å². The van der Waals surface area contributed by atoms with Gasteiger partial charge in [-0.05, 0) is 41.5 Å². The van der Waals surface area contributed by atoms with Crippen LogP contribution in [0.2, 0.25) is 0 Å². The summed E-state index contributed by atoms with van der Waals surface area (Å²) >= 11 is 0. The lowest BCUT2D eigenvalue weighted by molar-refractivity contribution is -0.139. The first-order valence-corrected chi connectivity index (χ1v) is 9.57. The average molecular weight is 414 g/mol. The number of carboxylic acid groups (broad SMARTS) is 1. The summed E-state index contributed by atoms with van der Waals surface area (Å²) in [6.07, 6.45) is 0. The molecule has 0 radical (unpaired) electrons. The molecular weight excluding hydrogens is 395 g/mol. The van der Waals surface area contributed by atoms with Gasteiger partial charge in [0.2, 0.25) is 5.82 Å². The van der Waals surface area contributed by atoms with Crippen molar-refractivity contribution in [1.29, 1.82) is 0 Å². The molecule has 0 saturated carbocycles. The van der Waals surface area contributed by atoms with Gasteiger partial charge < -0.3 is 19.1 Å². The van der Waals surface area contributed by atoms with Crippen LogP contribution in [0.3, 0.4) is 0 Å². The minimum atomic E-state index is -1.06. The number of rotatable bonds is 7. The maximum Gasteiger partial charge on any atom is 0.341 e. The van der Waals surface area contributed by atoms with E-state index in [2.05, 4.69) is 10.1 Å². The number of aliphatic carboxylic acids is 1. The number of benzene rings is 3. The third-order valence-electron chi connectivity index (χ3n) is 4.71. The number of carboxylic acids is 1. The fourth-order valence-corrected chi connectivity index (χ4v) is 3.12. The molecule has 1 aromatic heterocycles. The van der Waals surface area contributed by atoms with Gasteiger partial charge in [-0.15, -0.1) is 0 Å². The highest BCUT2D eigenvalue weighted by atomic mass is 16.5. The maximum atomic E-state index is 10.9. The molecule has 0 aliphatic rings. The summed E-state index contributed by atoms with van der Waals surface area (Å²) in [7, 11) is 3.56.